The van der Waals surface area contributed by atoms with E-state index in [1.165, 1.54) is 4.90 Å². The van der Waals surface area contributed by atoms with Gasteiger partial charge in [0.1, 0.15) is 0 Å². The fraction of sp³-hybridized carbons (Fsp3) is 0.292. The van der Waals surface area contributed by atoms with Crippen LogP contribution in [-0.4, -0.2) is 17.7 Å². The van der Waals surface area contributed by atoms with E-state index in [4.69, 9.17) is 11.6 Å². The van der Waals surface area contributed by atoms with Crippen LogP contribution < -0.4 is 10.2 Å². The molecule has 2 saturated carbocycles. The van der Waals surface area contributed by atoms with Crippen molar-refractivity contribution in [3.05, 3.63) is 71.3 Å². The third-order valence-electron chi connectivity index (χ3n) is 7.17. The van der Waals surface area contributed by atoms with Gasteiger partial charge in [-0.1, -0.05) is 35.9 Å². The summed E-state index contributed by atoms with van der Waals surface area (Å²) in [6, 6.07) is 13.6. The van der Waals surface area contributed by atoms with Crippen molar-refractivity contribution in [2.24, 2.45) is 35.5 Å². The number of benzene rings is 2. The third-order valence-corrected chi connectivity index (χ3v) is 7.50. The molecule has 150 valence electrons. The van der Waals surface area contributed by atoms with Crippen LogP contribution in [0.2, 0.25) is 5.02 Å². The highest BCUT2D eigenvalue weighted by atomic mass is 35.5. The predicted molar refractivity (Wildman–Crippen MR) is 113 cm³/mol. The fourth-order valence-electron chi connectivity index (χ4n) is 5.73. The molecule has 6 atom stereocenters. The summed E-state index contributed by atoms with van der Waals surface area (Å²) in [5, 5.41) is 3.23. The maximum Gasteiger partial charge on any atom is 0.255 e. The highest BCUT2D eigenvalue weighted by Gasteiger charge is 2.67. The van der Waals surface area contributed by atoms with E-state index in [-0.39, 0.29) is 41.4 Å². The van der Waals surface area contributed by atoms with Gasteiger partial charge >= 0.3 is 0 Å². The summed E-state index contributed by atoms with van der Waals surface area (Å²) in [4.78, 5) is 40.2. The van der Waals surface area contributed by atoms with Gasteiger partial charge in [-0.05, 0) is 66.5 Å². The fourth-order valence-corrected chi connectivity index (χ4v) is 5.91. The van der Waals surface area contributed by atoms with E-state index in [1.807, 2.05) is 0 Å². The molecule has 5 nitrogen and oxygen atoms in total. The first-order chi connectivity index (χ1) is 14.5. The molecule has 2 aromatic carbocycles. The molecule has 1 N–H and O–H groups in total. The number of rotatable bonds is 3. The van der Waals surface area contributed by atoms with Crippen molar-refractivity contribution >= 4 is 40.7 Å². The van der Waals surface area contributed by atoms with Crippen LogP contribution in [0.3, 0.4) is 0 Å². The van der Waals surface area contributed by atoms with Gasteiger partial charge in [0.25, 0.3) is 5.91 Å². The van der Waals surface area contributed by atoms with Gasteiger partial charge in [-0.15, -0.1) is 0 Å². The minimum Gasteiger partial charge on any atom is -0.321 e. The summed E-state index contributed by atoms with van der Waals surface area (Å²) in [6.45, 7) is 0. The summed E-state index contributed by atoms with van der Waals surface area (Å²) < 4.78 is 0. The van der Waals surface area contributed by atoms with E-state index in [2.05, 4.69) is 17.5 Å². The van der Waals surface area contributed by atoms with Crippen molar-refractivity contribution in [1.82, 2.24) is 0 Å². The van der Waals surface area contributed by atoms with Crippen LogP contribution in [0.5, 0.6) is 0 Å². The number of amides is 3. The highest BCUT2D eigenvalue weighted by Crippen LogP contribution is 2.65. The molecule has 0 unspecified atom stereocenters. The van der Waals surface area contributed by atoms with Crippen molar-refractivity contribution in [1.29, 1.82) is 0 Å². The molecule has 30 heavy (non-hydrogen) atoms. The normalized spacial score (nSPS) is 32.8. The van der Waals surface area contributed by atoms with Gasteiger partial charge in [-0.25, -0.2) is 0 Å². The van der Waals surface area contributed by atoms with E-state index in [1.54, 1.807) is 48.5 Å². The molecular weight excluding hydrogens is 400 g/mol. The first-order valence-corrected chi connectivity index (χ1v) is 10.6. The average molecular weight is 419 g/mol. The standard InChI is InChI=1S/C24H19ClN2O3/c25-18-3-1-2-4-19(18)26-22(28)12-5-7-13(8-6-12)27-23(29)20-14-9-10-15(17-11-16(14)17)21(20)24(27)30/h1-10,14-17,20-21H,11H2,(H,26,28)/t14-,15-,16-,17-,20-,21+/m1/s1. The maximum absolute atomic E-state index is 13.2. The number of carbonyl (C=O) groups excluding carboxylic acids is 3. The number of carbonyl (C=O) groups is 3. The summed E-state index contributed by atoms with van der Waals surface area (Å²) in [5.41, 5.74) is 1.49. The Morgan fingerprint density at radius 1 is 0.900 bits per heavy atom. The number of anilines is 2. The second-order valence-corrected chi connectivity index (χ2v) is 9.05. The van der Waals surface area contributed by atoms with Gasteiger partial charge in [0.2, 0.25) is 11.8 Å². The van der Waals surface area contributed by atoms with Crippen LogP contribution in [0, 0.1) is 35.5 Å². The summed E-state index contributed by atoms with van der Waals surface area (Å²) in [5.74, 6) is 0.622. The minimum atomic E-state index is -0.301. The number of imide groups is 1. The Kier molecular flexibility index (Phi) is 3.75. The van der Waals surface area contributed by atoms with Crippen LogP contribution >= 0.6 is 11.6 Å². The molecule has 5 aliphatic rings. The molecule has 1 saturated heterocycles. The molecule has 0 aromatic heterocycles. The van der Waals surface area contributed by atoms with E-state index in [0.717, 1.165) is 6.42 Å². The Balaban J connectivity index is 1.24. The number of allylic oxidation sites excluding steroid dienone is 2. The maximum atomic E-state index is 13.2. The van der Waals surface area contributed by atoms with Crippen LogP contribution in [0.1, 0.15) is 16.8 Å². The monoisotopic (exact) mass is 418 g/mol. The zero-order chi connectivity index (χ0) is 20.6. The minimum absolute atomic E-state index is 0.0945. The molecule has 3 amide bonds. The Morgan fingerprint density at radius 2 is 1.50 bits per heavy atom. The van der Waals surface area contributed by atoms with Gasteiger partial charge in [0.05, 0.1) is 28.2 Å². The zero-order valence-corrected chi connectivity index (χ0v) is 16.8. The number of nitrogens with one attached hydrogen (secondary N) is 1. The van der Waals surface area contributed by atoms with Crippen molar-refractivity contribution in [3.8, 4) is 0 Å². The molecule has 1 heterocycles. The van der Waals surface area contributed by atoms with Crippen LogP contribution in [0.25, 0.3) is 0 Å². The van der Waals surface area contributed by atoms with Crippen molar-refractivity contribution in [3.63, 3.8) is 0 Å². The number of nitrogens with zero attached hydrogens (tertiary/aromatic N) is 1. The lowest BCUT2D eigenvalue weighted by molar-refractivity contribution is -0.124. The predicted octanol–water partition coefficient (Wildman–Crippen LogP) is 4.15. The molecule has 7 rings (SSSR count). The van der Waals surface area contributed by atoms with Crippen molar-refractivity contribution in [2.75, 3.05) is 10.2 Å². The Labute approximate surface area is 178 Å². The van der Waals surface area contributed by atoms with Crippen molar-refractivity contribution < 1.29 is 14.4 Å². The van der Waals surface area contributed by atoms with Gasteiger partial charge < -0.3 is 5.32 Å². The molecule has 2 bridgehead atoms. The lowest BCUT2D eigenvalue weighted by Gasteiger charge is -2.37. The third kappa shape index (κ3) is 2.45. The van der Waals surface area contributed by atoms with E-state index in [9.17, 15) is 14.4 Å². The molecule has 0 spiro atoms. The summed E-state index contributed by atoms with van der Waals surface area (Å²) >= 11 is 6.10. The molecule has 4 aliphatic carbocycles. The Morgan fingerprint density at radius 3 is 2.10 bits per heavy atom. The molecule has 2 aromatic rings. The topological polar surface area (TPSA) is 66.5 Å². The lowest BCUT2D eigenvalue weighted by Crippen LogP contribution is -2.40. The van der Waals surface area contributed by atoms with Crippen LogP contribution in [-0.2, 0) is 9.59 Å². The molecule has 3 fully saturated rings. The van der Waals surface area contributed by atoms with Gasteiger partial charge in [-0.3, -0.25) is 19.3 Å². The Bertz CT molecular complexity index is 1090. The smallest absolute Gasteiger partial charge is 0.255 e. The van der Waals surface area contributed by atoms with Crippen molar-refractivity contribution in [2.45, 2.75) is 6.42 Å². The molecule has 0 radical (unpaired) electrons. The average Bonchev–Trinajstić information content (AvgIpc) is 3.53. The SMILES string of the molecule is O=C(Nc1ccccc1Cl)c1ccc(N2C(=O)[C@@H]3[C@@H]4C=C[C@H]([C@H]5C[C@H]45)[C@@H]3C2=O)cc1. The zero-order valence-electron chi connectivity index (χ0n) is 16.0. The Hall–Kier alpha value is -2.92. The van der Waals surface area contributed by atoms with Crippen LogP contribution in [0.15, 0.2) is 60.7 Å². The number of hydrogen-bond acceptors (Lipinski definition) is 3. The first-order valence-electron chi connectivity index (χ1n) is 10.3. The second-order valence-electron chi connectivity index (χ2n) is 8.65. The quantitative estimate of drug-likeness (QED) is 0.601. The number of para-hydroxylation sites is 1. The largest absolute Gasteiger partial charge is 0.321 e. The number of halogens is 1. The van der Waals surface area contributed by atoms with E-state index in [0.29, 0.717) is 33.8 Å². The van der Waals surface area contributed by atoms with E-state index >= 15 is 0 Å². The first kappa shape index (κ1) is 17.9. The highest BCUT2D eigenvalue weighted by molar-refractivity contribution is 6.34. The summed E-state index contributed by atoms with van der Waals surface area (Å²) in [6.07, 6.45) is 5.47. The van der Waals surface area contributed by atoms with Gasteiger partial charge in [0.15, 0.2) is 0 Å². The van der Waals surface area contributed by atoms with Crippen LogP contribution in [0.4, 0.5) is 11.4 Å². The second kappa shape index (κ2) is 6.29. The lowest BCUT2D eigenvalue weighted by atomic mass is 9.63. The molecule has 1 aliphatic heterocycles. The molecule has 6 heteroatoms. The number of hydrogen-bond donors (Lipinski definition) is 1. The molecular formula is C24H19ClN2O3. The van der Waals surface area contributed by atoms with Gasteiger partial charge in [0, 0.05) is 5.56 Å². The summed E-state index contributed by atoms with van der Waals surface area (Å²) in [7, 11) is 0. The van der Waals surface area contributed by atoms with E-state index < -0.39 is 0 Å². The van der Waals surface area contributed by atoms with Gasteiger partial charge in [-0.2, -0.15) is 0 Å².